The Labute approximate surface area is 171 Å². The van der Waals surface area contributed by atoms with Gasteiger partial charge in [-0.05, 0) is 31.0 Å². The molecule has 0 bridgehead atoms. The Hall–Kier alpha value is -3.26. The lowest BCUT2D eigenvalue weighted by molar-refractivity contribution is -0.119. The quantitative estimate of drug-likeness (QED) is 0.595. The minimum Gasteiger partial charge on any atom is -0.386 e. The molecule has 30 heavy (non-hydrogen) atoms. The summed E-state index contributed by atoms with van der Waals surface area (Å²) < 4.78 is 26.1. The average Bonchev–Trinajstić information content (AvgIpc) is 3.36. The first-order valence-electron chi connectivity index (χ1n) is 9.49. The van der Waals surface area contributed by atoms with Crippen LogP contribution in [0.15, 0.2) is 49.4 Å². The van der Waals surface area contributed by atoms with Crippen LogP contribution in [0.1, 0.15) is 30.2 Å². The zero-order chi connectivity index (χ0) is 21.5. The van der Waals surface area contributed by atoms with Gasteiger partial charge in [0.2, 0.25) is 5.91 Å². The summed E-state index contributed by atoms with van der Waals surface area (Å²) in [5.74, 6) is -4.75. The normalized spacial score (nSPS) is 18.1. The number of fused-ring (bicyclic) bond motifs is 1. The smallest absolute Gasteiger partial charge is 0.260 e. The molecule has 3 aromatic rings. The summed E-state index contributed by atoms with van der Waals surface area (Å²) in [5.41, 5.74) is 3.79. The van der Waals surface area contributed by atoms with Gasteiger partial charge in [0.25, 0.3) is 5.92 Å². The number of aliphatic hydroxyl groups excluding tert-OH is 1. The molecule has 4 rings (SSSR count). The molecule has 1 unspecified atom stereocenters. The molecule has 8 heteroatoms. The maximum absolute atomic E-state index is 13.0. The van der Waals surface area contributed by atoms with Crippen LogP contribution in [0, 0.1) is 12.8 Å². The molecule has 0 saturated heterocycles. The van der Waals surface area contributed by atoms with Crippen molar-refractivity contribution in [3.05, 3.63) is 60.7 Å². The summed E-state index contributed by atoms with van der Waals surface area (Å²) in [7, 11) is 0. The van der Waals surface area contributed by atoms with Gasteiger partial charge in [-0.3, -0.25) is 14.8 Å². The van der Waals surface area contributed by atoms with E-state index in [4.69, 9.17) is 0 Å². The van der Waals surface area contributed by atoms with Gasteiger partial charge < -0.3 is 10.4 Å². The van der Waals surface area contributed by atoms with Gasteiger partial charge in [-0.2, -0.15) is 0 Å². The number of carbonyl (C=O) groups is 1. The van der Waals surface area contributed by atoms with Crippen molar-refractivity contribution in [3.63, 3.8) is 0 Å². The highest BCUT2D eigenvalue weighted by atomic mass is 19.3. The molecule has 3 aromatic heterocycles. The summed E-state index contributed by atoms with van der Waals surface area (Å²) >= 11 is 0. The molecule has 0 aliphatic heterocycles. The van der Waals surface area contributed by atoms with Crippen molar-refractivity contribution in [3.8, 4) is 11.1 Å². The molecule has 1 saturated carbocycles. The Morgan fingerprint density at radius 1 is 1.30 bits per heavy atom. The number of carbonyl (C=O) groups excluding carboxylic acids is 1. The molecule has 6 nitrogen and oxygen atoms in total. The summed E-state index contributed by atoms with van der Waals surface area (Å²) in [6.45, 7) is 5.55. The third kappa shape index (κ3) is 3.91. The summed E-state index contributed by atoms with van der Waals surface area (Å²) in [6, 6.07) is 5.27. The van der Waals surface area contributed by atoms with E-state index < -0.39 is 30.3 Å². The van der Waals surface area contributed by atoms with E-state index in [-0.39, 0.29) is 5.82 Å². The number of rotatable bonds is 6. The van der Waals surface area contributed by atoms with E-state index in [0.29, 0.717) is 17.6 Å². The van der Waals surface area contributed by atoms with E-state index in [0.717, 1.165) is 22.1 Å². The van der Waals surface area contributed by atoms with Gasteiger partial charge in [-0.15, -0.1) is 6.58 Å². The van der Waals surface area contributed by atoms with Crippen LogP contribution in [0.2, 0.25) is 0 Å². The zero-order valence-electron chi connectivity index (χ0n) is 16.3. The predicted octanol–water partition coefficient (Wildman–Crippen LogP) is 4.20. The number of nitrogens with zero attached hydrogens (tertiary/aromatic N) is 3. The van der Waals surface area contributed by atoms with Gasteiger partial charge in [-0.25, -0.2) is 13.8 Å². The number of pyridine rings is 3. The number of hydrogen-bond acceptors (Lipinski definition) is 5. The highest BCUT2D eigenvalue weighted by Crippen LogP contribution is 2.49. The van der Waals surface area contributed by atoms with Gasteiger partial charge in [0.05, 0.1) is 17.3 Å². The first-order chi connectivity index (χ1) is 14.3. The van der Waals surface area contributed by atoms with Crippen LogP contribution in [-0.4, -0.2) is 31.9 Å². The van der Waals surface area contributed by atoms with E-state index in [9.17, 15) is 18.7 Å². The minimum atomic E-state index is -2.92. The average molecular weight is 410 g/mol. The van der Waals surface area contributed by atoms with Crippen molar-refractivity contribution in [1.82, 2.24) is 15.0 Å². The lowest BCUT2D eigenvalue weighted by Gasteiger charge is -2.12. The van der Waals surface area contributed by atoms with Crippen LogP contribution in [0.25, 0.3) is 22.0 Å². The van der Waals surface area contributed by atoms with Gasteiger partial charge in [-0.1, -0.05) is 6.08 Å². The van der Waals surface area contributed by atoms with Gasteiger partial charge in [0.1, 0.15) is 11.7 Å². The number of halogens is 2. The second kappa shape index (κ2) is 7.53. The van der Waals surface area contributed by atoms with Crippen LogP contribution >= 0.6 is 0 Å². The molecule has 3 heterocycles. The monoisotopic (exact) mass is 410 g/mol. The molecule has 2 atom stereocenters. The van der Waals surface area contributed by atoms with E-state index in [2.05, 4.69) is 26.8 Å². The van der Waals surface area contributed by atoms with Crippen LogP contribution in [0.3, 0.4) is 0 Å². The first-order valence-corrected chi connectivity index (χ1v) is 9.49. The van der Waals surface area contributed by atoms with Crippen molar-refractivity contribution >= 4 is 22.6 Å². The summed E-state index contributed by atoms with van der Waals surface area (Å²) in [6.07, 6.45) is 5.85. The van der Waals surface area contributed by atoms with Crippen molar-refractivity contribution in [2.75, 3.05) is 5.32 Å². The Balaban J connectivity index is 1.57. The van der Waals surface area contributed by atoms with Crippen molar-refractivity contribution < 1.29 is 18.7 Å². The number of alkyl halides is 2. The van der Waals surface area contributed by atoms with E-state index >= 15 is 0 Å². The number of hydrogen-bond donors (Lipinski definition) is 2. The van der Waals surface area contributed by atoms with E-state index in [1.165, 1.54) is 6.20 Å². The topological polar surface area (TPSA) is 88.0 Å². The second-order valence-corrected chi connectivity index (χ2v) is 7.46. The SMILES string of the molecule is C=CCC(O)c1cc(C)c(-c2cnc3cc(NC(=O)[C@H]4CC4(F)F)ncc3c2)cn1. The van der Waals surface area contributed by atoms with E-state index in [1.807, 2.05) is 19.1 Å². The molecule has 154 valence electrons. The van der Waals surface area contributed by atoms with Crippen LogP contribution in [0.4, 0.5) is 14.6 Å². The zero-order valence-corrected chi connectivity index (χ0v) is 16.3. The fourth-order valence-corrected chi connectivity index (χ4v) is 3.29. The highest BCUT2D eigenvalue weighted by Gasteiger charge is 2.61. The lowest BCUT2D eigenvalue weighted by Crippen LogP contribution is -2.18. The number of aromatic nitrogens is 3. The molecular weight excluding hydrogens is 390 g/mol. The summed E-state index contributed by atoms with van der Waals surface area (Å²) in [5, 5.41) is 13.2. The highest BCUT2D eigenvalue weighted by molar-refractivity contribution is 5.96. The number of nitrogens with one attached hydrogen (secondary N) is 1. The van der Waals surface area contributed by atoms with E-state index in [1.54, 1.807) is 24.5 Å². The third-order valence-electron chi connectivity index (χ3n) is 5.13. The van der Waals surface area contributed by atoms with Crippen LogP contribution in [-0.2, 0) is 4.79 Å². The Kier molecular flexibility index (Phi) is 5.03. The molecule has 1 amide bonds. The number of amides is 1. The Morgan fingerprint density at radius 2 is 2.07 bits per heavy atom. The first kappa shape index (κ1) is 20.0. The largest absolute Gasteiger partial charge is 0.386 e. The van der Waals surface area contributed by atoms with Gasteiger partial charge >= 0.3 is 0 Å². The van der Waals surface area contributed by atoms with Gasteiger partial charge in [0.15, 0.2) is 0 Å². The fourth-order valence-electron chi connectivity index (χ4n) is 3.29. The molecule has 1 aliphatic carbocycles. The summed E-state index contributed by atoms with van der Waals surface area (Å²) in [4.78, 5) is 24.7. The standard InChI is InChI=1S/C22H20F2N4O2/c1-3-4-19(29)18-5-12(2)15(11-26-18)13-6-14-10-27-20(7-17(14)25-9-13)28-21(30)16-8-22(16,23)24/h3,5-7,9-11,16,19,29H,1,4,8H2,2H3,(H,27,28,30)/t16-,19?/m1/s1. The van der Waals surface area contributed by atoms with Crippen molar-refractivity contribution in [2.45, 2.75) is 31.8 Å². The number of aliphatic hydroxyl groups is 1. The molecule has 1 fully saturated rings. The predicted molar refractivity (Wildman–Crippen MR) is 109 cm³/mol. The second-order valence-electron chi connectivity index (χ2n) is 7.46. The number of anilines is 1. The van der Waals surface area contributed by atoms with Crippen molar-refractivity contribution in [1.29, 1.82) is 0 Å². The minimum absolute atomic E-state index is 0.189. The maximum atomic E-state index is 13.0. The molecule has 0 spiro atoms. The molecule has 0 aromatic carbocycles. The Morgan fingerprint density at radius 3 is 2.73 bits per heavy atom. The maximum Gasteiger partial charge on any atom is 0.260 e. The van der Waals surface area contributed by atoms with Crippen molar-refractivity contribution in [2.24, 2.45) is 5.92 Å². The lowest BCUT2D eigenvalue weighted by atomic mass is 10.0. The Bertz CT molecular complexity index is 1150. The van der Waals surface area contributed by atoms with Crippen LogP contribution < -0.4 is 5.32 Å². The molecular formula is C22H20F2N4O2. The van der Waals surface area contributed by atoms with Crippen LogP contribution in [0.5, 0.6) is 0 Å². The third-order valence-corrected chi connectivity index (χ3v) is 5.13. The number of aryl methyl sites for hydroxylation is 1. The fraction of sp³-hybridized carbons (Fsp3) is 0.273. The molecule has 1 aliphatic rings. The molecule has 0 radical (unpaired) electrons. The van der Waals surface area contributed by atoms with Gasteiger partial charge in [0, 0.05) is 47.6 Å². The molecule has 2 N–H and O–H groups in total.